The normalized spacial score (nSPS) is 12.0. The maximum Gasteiger partial charge on any atom is 0.306 e. The van der Waals surface area contributed by atoms with Crippen molar-refractivity contribution >= 4 is 11.9 Å². The summed E-state index contributed by atoms with van der Waals surface area (Å²) in [7, 11) is 0. The molecule has 0 aromatic rings. The minimum absolute atomic E-state index is 0.110. The van der Waals surface area contributed by atoms with Crippen molar-refractivity contribution in [3.05, 3.63) is 0 Å². The molecular formula is C51H100O4. The molecule has 0 saturated carbocycles. The van der Waals surface area contributed by atoms with Gasteiger partial charge in [-0.25, -0.2) is 0 Å². The lowest BCUT2D eigenvalue weighted by atomic mass is 10.0. The molecule has 55 heavy (non-hydrogen) atoms. The Hall–Kier alpha value is -1.06. The van der Waals surface area contributed by atoms with Crippen LogP contribution in [0.2, 0.25) is 0 Å². The first-order valence-electron chi connectivity index (χ1n) is 25.5. The van der Waals surface area contributed by atoms with Crippen LogP contribution in [0.3, 0.4) is 0 Å². The summed E-state index contributed by atoms with van der Waals surface area (Å²) in [4.78, 5) is 25.4. The van der Waals surface area contributed by atoms with Gasteiger partial charge in [-0.3, -0.25) is 9.59 Å². The molecular weight excluding hydrogens is 677 g/mol. The van der Waals surface area contributed by atoms with Gasteiger partial charge in [-0.15, -0.1) is 0 Å². The second-order valence-electron chi connectivity index (χ2n) is 17.5. The van der Waals surface area contributed by atoms with Gasteiger partial charge in [0.05, 0.1) is 0 Å². The largest absolute Gasteiger partial charge is 0.462 e. The number of rotatable bonds is 47. The van der Waals surface area contributed by atoms with E-state index in [4.69, 9.17) is 9.47 Å². The molecule has 0 aliphatic rings. The third kappa shape index (κ3) is 45.5. The van der Waals surface area contributed by atoms with Crippen molar-refractivity contribution in [2.24, 2.45) is 0 Å². The van der Waals surface area contributed by atoms with Crippen LogP contribution in [0.1, 0.15) is 303 Å². The maximum atomic E-state index is 12.8. The lowest BCUT2D eigenvalue weighted by molar-refractivity contribution is -0.159. The highest BCUT2D eigenvalue weighted by Gasteiger charge is 2.17. The number of unbranched alkanes of at least 4 members (excludes halogenated alkanes) is 38. The Balaban J connectivity index is 4.19. The molecule has 0 radical (unpaired) electrons. The van der Waals surface area contributed by atoms with Crippen molar-refractivity contribution in [2.45, 2.75) is 309 Å². The molecule has 0 saturated heterocycles. The number of carbonyl (C=O) groups excluding carboxylic acids is 2. The van der Waals surface area contributed by atoms with Crippen molar-refractivity contribution in [3.8, 4) is 0 Å². The molecule has 0 amide bonds. The summed E-state index contributed by atoms with van der Waals surface area (Å²) in [5, 5.41) is 0. The molecule has 0 rings (SSSR count). The third-order valence-electron chi connectivity index (χ3n) is 11.8. The van der Waals surface area contributed by atoms with Crippen LogP contribution in [0.5, 0.6) is 0 Å². The van der Waals surface area contributed by atoms with Crippen LogP contribution >= 0.6 is 0 Å². The molecule has 0 spiro atoms. The molecule has 0 aliphatic heterocycles. The highest BCUT2D eigenvalue weighted by Crippen LogP contribution is 2.18. The van der Waals surface area contributed by atoms with Crippen LogP contribution in [0.25, 0.3) is 0 Å². The average Bonchev–Trinajstić information content (AvgIpc) is 3.18. The summed E-state index contributed by atoms with van der Waals surface area (Å²) in [5.41, 5.74) is 0. The van der Waals surface area contributed by atoms with Crippen LogP contribution < -0.4 is 0 Å². The van der Waals surface area contributed by atoms with Gasteiger partial charge < -0.3 is 9.47 Å². The molecule has 0 fully saturated rings. The summed E-state index contributed by atoms with van der Waals surface area (Å²) in [6.45, 7) is 7.07. The number of ether oxygens (including phenoxy) is 2. The number of hydrogen-bond acceptors (Lipinski definition) is 4. The zero-order valence-corrected chi connectivity index (χ0v) is 38.0. The molecule has 0 heterocycles. The van der Waals surface area contributed by atoms with E-state index < -0.39 is 0 Å². The van der Waals surface area contributed by atoms with E-state index in [1.54, 1.807) is 0 Å². The Morgan fingerprint density at radius 2 is 0.545 bits per heavy atom. The lowest BCUT2D eigenvalue weighted by Crippen LogP contribution is -2.25. The molecule has 0 aromatic carbocycles. The average molecular weight is 777 g/mol. The molecule has 0 N–H and O–H groups in total. The Morgan fingerprint density at radius 1 is 0.309 bits per heavy atom. The smallest absolute Gasteiger partial charge is 0.306 e. The lowest BCUT2D eigenvalue weighted by Gasteiger charge is -2.18. The van der Waals surface area contributed by atoms with Crippen molar-refractivity contribution in [1.82, 2.24) is 0 Å². The zero-order chi connectivity index (χ0) is 40.0. The topological polar surface area (TPSA) is 52.6 Å². The molecule has 1 atom stereocenters. The first-order valence-corrected chi connectivity index (χ1v) is 25.5. The Morgan fingerprint density at radius 3 is 0.836 bits per heavy atom. The quantitative estimate of drug-likeness (QED) is 0.0456. The number of carbonyl (C=O) groups is 2. The van der Waals surface area contributed by atoms with Gasteiger partial charge in [0.15, 0.2) is 0 Å². The summed E-state index contributed by atoms with van der Waals surface area (Å²) in [6, 6.07) is 0. The minimum atomic E-state index is -0.299. The van der Waals surface area contributed by atoms with Crippen molar-refractivity contribution in [3.63, 3.8) is 0 Å². The van der Waals surface area contributed by atoms with E-state index >= 15 is 0 Å². The molecule has 0 unspecified atom stereocenters. The van der Waals surface area contributed by atoms with Crippen LogP contribution in [-0.2, 0) is 19.1 Å². The Labute approximate surface area is 346 Å². The minimum Gasteiger partial charge on any atom is -0.462 e. The predicted molar refractivity (Wildman–Crippen MR) is 241 cm³/mol. The number of esters is 2. The van der Waals surface area contributed by atoms with E-state index in [1.165, 1.54) is 225 Å². The summed E-state index contributed by atoms with van der Waals surface area (Å²) in [5.74, 6) is -0.237. The molecule has 328 valence electrons. The third-order valence-corrected chi connectivity index (χ3v) is 11.8. The molecule has 0 bridgehead atoms. The van der Waals surface area contributed by atoms with Gasteiger partial charge in [-0.2, -0.15) is 0 Å². The van der Waals surface area contributed by atoms with E-state index in [2.05, 4.69) is 20.8 Å². The first kappa shape index (κ1) is 53.9. The van der Waals surface area contributed by atoms with Gasteiger partial charge in [-0.1, -0.05) is 265 Å². The Bertz CT molecular complexity index is 751. The van der Waals surface area contributed by atoms with E-state index in [9.17, 15) is 9.59 Å². The monoisotopic (exact) mass is 777 g/mol. The van der Waals surface area contributed by atoms with Crippen molar-refractivity contribution in [2.75, 3.05) is 6.61 Å². The van der Waals surface area contributed by atoms with Gasteiger partial charge >= 0.3 is 11.9 Å². The van der Waals surface area contributed by atoms with E-state index in [1.807, 2.05) is 0 Å². The van der Waals surface area contributed by atoms with Crippen LogP contribution in [0.4, 0.5) is 0 Å². The van der Waals surface area contributed by atoms with Gasteiger partial charge in [0.25, 0.3) is 0 Å². The van der Waals surface area contributed by atoms with Crippen LogP contribution in [0, 0.1) is 0 Å². The summed E-state index contributed by atoms with van der Waals surface area (Å²) < 4.78 is 11.6. The Kier molecular flexibility index (Phi) is 46.4. The highest BCUT2D eigenvalue weighted by molar-refractivity contribution is 5.70. The van der Waals surface area contributed by atoms with Crippen molar-refractivity contribution in [1.29, 1.82) is 0 Å². The second kappa shape index (κ2) is 47.3. The van der Waals surface area contributed by atoms with Crippen LogP contribution in [-0.4, -0.2) is 24.6 Å². The van der Waals surface area contributed by atoms with Gasteiger partial charge in [0.2, 0.25) is 0 Å². The maximum absolute atomic E-state index is 12.8. The zero-order valence-electron chi connectivity index (χ0n) is 38.0. The SMILES string of the molecule is CCCCCCCCCCCCCCCCC[C@@H](COC(=O)CCCCCCCCCCCCCCC)OC(=O)CCCCCCCCCCCCCCC. The van der Waals surface area contributed by atoms with Gasteiger partial charge in [0, 0.05) is 12.8 Å². The number of hydrogen-bond donors (Lipinski definition) is 0. The fraction of sp³-hybridized carbons (Fsp3) is 0.961. The fourth-order valence-electron chi connectivity index (χ4n) is 8.00. The van der Waals surface area contributed by atoms with E-state index in [0.29, 0.717) is 12.8 Å². The standard InChI is InChI=1S/C51H100O4/c1-4-7-10-13-16-19-22-25-26-29-30-33-36-39-42-45-49(55-51(53)47-44-41-38-35-32-28-24-21-18-15-12-9-6-3)48-54-50(52)46-43-40-37-34-31-27-23-20-17-14-11-8-5-2/h49H,4-48H2,1-3H3/t49-/m0/s1. The highest BCUT2D eigenvalue weighted by atomic mass is 16.6. The van der Waals surface area contributed by atoms with E-state index in [-0.39, 0.29) is 24.6 Å². The van der Waals surface area contributed by atoms with Gasteiger partial charge in [0.1, 0.15) is 12.7 Å². The second-order valence-corrected chi connectivity index (χ2v) is 17.5. The summed E-state index contributed by atoms with van der Waals surface area (Å²) >= 11 is 0. The molecule has 0 aliphatic carbocycles. The first-order chi connectivity index (χ1) is 27.1. The molecule has 4 nitrogen and oxygen atoms in total. The van der Waals surface area contributed by atoms with Gasteiger partial charge in [-0.05, 0) is 25.7 Å². The van der Waals surface area contributed by atoms with Crippen LogP contribution in [0.15, 0.2) is 0 Å². The molecule has 0 aromatic heterocycles. The molecule has 4 heteroatoms. The summed E-state index contributed by atoms with van der Waals surface area (Å²) in [6.07, 6.45) is 55.3. The van der Waals surface area contributed by atoms with E-state index in [0.717, 1.165) is 44.9 Å². The van der Waals surface area contributed by atoms with Crippen molar-refractivity contribution < 1.29 is 19.1 Å². The predicted octanol–water partition coefficient (Wildman–Crippen LogP) is 17.7. The fourth-order valence-corrected chi connectivity index (χ4v) is 8.00.